The van der Waals surface area contributed by atoms with Crippen LogP contribution in [0.4, 0.5) is 0 Å². The highest BCUT2D eigenvalue weighted by molar-refractivity contribution is 6.13. The summed E-state index contributed by atoms with van der Waals surface area (Å²) in [6.45, 7) is 0. The summed E-state index contributed by atoms with van der Waals surface area (Å²) in [7, 11) is 0. The monoisotopic (exact) mass is 311 g/mol. The number of rotatable bonds is 1. The average molecular weight is 311 g/mol. The van der Waals surface area contributed by atoms with Crippen LogP contribution in [-0.2, 0) is 0 Å². The summed E-state index contributed by atoms with van der Waals surface area (Å²) >= 11 is 0. The lowest BCUT2D eigenvalue weighted by atomic mass is 10.0. The molecule has 5 rings (SSSR count). The van der Waals surface area contributed by atoms with Crippen LogP contribution in [0.3, 0.4) is 0 Å². The van der Waals surface area contributed by atoms with Gasteiger partial charge in [0.15, 0.2) is 0 Å². The van der Waals surface area contributed by atoms with Crippen LogP contribution in [0.1, 0.15) is 0 Å². The second-order valence-corrected chi connectivity index (χ2v) is 5.85. The van der Waals surface area contributed by atoms with Crippen LogP contribution >= 0.6 is 0 Å². The molecule has 114 valence electrons. The molecule has 0 spiro atoms. The van der Waals surface area contributed by atoms with Crippen LogP contribution in [0.5, 0.6) is 5.75 Å². The van der Waals surface area contributed by atoms with Gasteiger partial charge in [-0.25, -0.2) is 0 Å². The van der Waals surface area contributed by atoms with Gasteiger partial charge >= 0.3 is 0 Å². The normalized spacial score (nSPS) is 11.5. The Bertz CT molecular complexity index is 1210. The van der Waals surface area contributed by atoms with E-state index in [4.69, 9.17) is 4.42 Å². The Morgan fingerprint density at radius 2 is 1.58 bits per heavy atom. The molecule has 0 aliphatic carbocycles. The van der Waals surface area contributed by atoms with Crippen LogP contribution < -0.4 is 0 Å². The summed E-state index contributed by atoms with van der Waals surface area (Å²) in [4.78, 5) is 4.37. The maximum Gasteiger partial charge on any atom is 0.148 e. The SMILES string of the molecule is Oc1ccc2c(oc3cc4ccccc4cc32)c1-c1ccccn1. The number of hydrogen-bond donors (Lipinski definition) is 1. The molecule has 3 nitrogen and oxygen atoms in total. The molecular formula is C21H13NO2. The van der Waals surface area contributed by atoms with Crippen molar-refractivity contribution >= 4 is 32.7 Å². The number of aromatic nitrogens is 1. The van der Waals surface area contributed by atoms with Gasteiger partial charge < -0.3 is 9.52 Å². The number of benzene rings is 3. The first-order valence-corrected chi connectivity index (χ1v) is 7.80. The number of pyridine rings is 1. The Balaban J connectivity index is 1.94. The molecular weight excluding hydrogens is 298 g/mol. The van der Waals surface area contributed by atoms with Gasteiger partial charge in [0.2, 0.25) is 0 Å². The molecule has 0 saturated carbocycles. The second-order valence-electron chi connectivity index (χ2n) is 5.85. The van der Waals surface area contributed by atoms with Crippen LogP contribution in [0.2, 0.25) is 0 Å². The highest BCUT2D eigenvalue weighted by Gasteiger charge is 2.17. The predicted octanol–water partition coefficient (Wildman–Crippen LogP) is 5.51. The quantitative estimate of drug-likeness (QED) is 0.444. The summed E-state index contributed by atoms with van der Waals surface area (Å²) in [6.07, 6.45) is 1.71. The van der Waals surface area contributed by atoms with Crippen LogP contribution in [-0.4, -0.2) is 10.1 Å². The number of fused-ring (bicyclic) bond motifs is 4. The van der Waals surface area contributed by atoms with Crippen molar-refractivity contribution in [3.8, 4) is 17.0 Å². The van der Waals surface area contributed by atoms with E-state index in [1.54, 1.807) is 12.3 Å². The summed E-state index contributed by atoms with van der Waals surface area (Å²) < 4.78 is 6.13. The van der Waals surface area contributed by atoms with E-state index in [1.807, 2.05) is 42.5 Å². The maximum atomic E-state index is 10.4. The fourth-order valence-corrected chi connectivity index (χ4v) is 3.27. The van der Waals surface area contributed by atoms with Gasteiger partial charge in [0.1, 0.15) is 16.9 Å². The molecule has 0 bridgehead atoms. The molecule has 0 aliphatic rings. The third-order valence-corrected chi connectivity index (χ3v) is 4.41. The Morgan fingerprint density at radius 1 is 0.792 bits per heavy atom. The lowest BCUT2D eigenvalue weighted by Crippen LogP contribution is -1.83. The highest BCUT2D eigenvalue weighted by Crippen LogP contribution is 2.41. The Hall–Kier alpha value is -3.33. The maximum absolute atomic E-state index is 10.4. The molecule has 1 N–H and O–H groups in total. The molecule has 3 aromatic carbocycles. The van der Waals surface area contributed by atoms with E-state index >= 15 is 0 Å². The molecule has 0 aliphatic heterocycles. The van der Waals surface area contributed by atoms with E-state index in [-0.39, 0.29) is 5.75 Å². The topological polar surface area (TPSA) is 46.3 Å². The fraction of sp³-hybridized carbons (Fsp3) is 0. The summed E-state index contributed by atoms with van der Waals surface area (Å²) in [5.41, 5.74) is 2.81. The Morgan fingerprint density at radius 3 is 2.38 bits per heavy atom. The lowest BCUT2D eigenvalue weighted by Gasteiger charge is -2.04. The van der Waals surface area contributed by atoms with Gasteiger partial charge in [-0.2, -0.15) is 0 Å². The van der Waals surface area contributed by atoms with Crippen molar-refractivity contribution < 1.29 is 9.52 Å². The van der Waals surface area contributed by atoms with E-state index in [0.29, 0.717) is 16.8 Å². The summed E-state index contributed by atoms with van der Waals surface area (Å²) in [6, 6.07) is 21.6. The lowest BCUT2D eigenvalue weighted by molar-refractivity contribution is 0.477. The van der Waals surface area contributed by atoms with Crippen molar-refractivity contribution in [2.24, 2.45) is 0 Å². The standard InChI is InChI=1S/C21H13NO2/c23-18-9-8-15-16-11-13-5-1-2-6-14(13)12-19(16)24-21(15)20(18)17-7-3-4-10-22-17/h1-12,23H. The number of phenolic OH excluding ortho intramolecular Hbond substituents is 1. The van der Waals surface area contributed by atoms with Gasteiger partial charge in [0.25, 0.3) is 0 Å². The zero-order chi connectivity index (χ0) is 16.1. The van der Waals surface area contributed by atoms with E-state index in [9.17, 15) is 5.11 Å². The van der Waals surface area contributed by atoms with Crippen molar-refractivity contribution in [2.75, 3.05) is 0 Å². The molecule has 3 heteroatoms. The fourth-order valence-electron chi connectivity index (χ4n) is 3.27. The first kappa shape index (κ1) is 13.1. The van der Waals surface area contributed by atoms with Crippen molar-refractivity contribution in [1.82, 2.24) is 4.98 Å². The smallest absolute Gasteiger partial charge is 0.148 e. The molecule has 0 saturated heterocycles. The number of nitrogens with zero attached hydrogens (tertiary/aromatic N) is 1. The molecule has 0 radical (unpaired) electrons. The molecule has 2 aromatic heterocycles. The van der Waals surface area contributed by atoms with Crippen molar-refractivity contribution in [2.45, 2.75) is 0 Å². The number of furan rings is 1. The first-order valence-electron chi connectivity index (χ1n) is 7.80. The number of hydrogen-bond acceptors (Lipinski definition) is 3. The minimum atomic E-state index is 0.171. The minimum Gasteiger partial charge on any atom is -0.507 e. The highest BCUT2D eigenvalue weighted by atomic mass is 16.3. The molecule has 0 amide bonds. The number of aromatic hydroxyl groups is 1. The van der Waals surface area contributed by atoms with E-state index in [2.05, 4.69) is 23.2 Å². The molecule has 5 aromatic rings. The van der Waals surface area contributed by atoms with Gasteiger partial charge in [-0.1, -0.05) is 30.3 Å². The van der Waals surface area contributed by atoms with Crippen LogP contribution in [0.25, 0.3) is 44.0 Å². The van der Waals surface area contributed by atoms with Crippen molar-refractivity contribution in [1.29, 1.82) is 0 Å². The first-order chi connectivity index (χ1) is 11.8. The van der Waals surface area contributed by atoms with Crippen molar-refractivity contribution in [3.63, 3.8) is 0 Å². The largest absolute Gasteiger partial charge is 0.507 e. The van der Waals surface area contributed by atoms with E-state index in [1.165, 1.54) is 5.39 Å². The average Bonchev–Trinajstić information content (AvgIpc) is 2.97. The van der Waals surface area contributed by atoms with E-state index in [0.717, 1.165) is 21.7 Å². The summed E-state index contributed by atoms with van der Waals surface area (Å²) in [5, 5.41) is 14.7. The predicted molar refractivity (Wildman–Crippen MR) is 96.1 cm³/mol. The van der Waals surface area contributed by atoms with Gasteiger partial charge in [0.05, 0.1) is 11.3 Å². The van der Waals surface area contributed by atoms with Gasteiger partial charge in [0, 0.05) is 17.0 Å². The van der Waals surface area contributed by atoms with Gasteiger partial charge in [-0.05, 0) is 47.2 Å². The Kier molecular flexibility index (Phi) is 2.65. The van der Waals surface area contributed by atoms with Crippen LogP contribution in [0.15, 0.2) is 77.3 Å². The minimum absolute atomic E-state index is 0.171. The molecule has 0 fully saturated rings. The molecule has 0 unspecified atom stereocenters. The molecule has 0 atom stereocenters. The second kappa shape index (κ2) is 4.83. The van der Waals surface area contributed by atoms with Gasteiger partial charge in [-0.15, -0.1) is 0 Å². The zero-order valence-electron chi connectivity index (χ0n) is 12.7. The third kappa shape index (κ3) is 1.82. The Labute approximate surface area is 137 Å². The molecule has 24 heavy (non-hydrogen) atoms. The summed E-state index contributed by atoms with van der Waals surface area (Å²) in [5.74, 6) is 0.171. The van der Waals surface area contributed by atoms with Crippen LogP contribution in [0, 0.1) is 0 Å². The zero-order valence-corrected chi connectivity index (χ0v) is 12.7. The van der Waals surface area contributed by atoms with Gasteiger partial charge in [-0.3, -0.25) is 4.98 Å². The molecule has 2 heterocycles. The van der Waals surface area contributed by atoms with Crippen molar-refractivity contribution in [3.05, 3.63) is 72.9 Å². The van der Waals surface area contributed by atoms with E-state index < -0.39 is 0 Å². The number of phenols is 1. The third-order valence-electron chi connectivity index (χ3n) is 4.41.